The molecule has 0 atom stereocenters. The van der Waals surface area contributed by atoms with Gasteiger partial charge in [0.1, 0.15) is 5.78 Å². The molecule has 0 aliphatic rings. The summed E-state index contributed by atoms with van der Waals surface area (Å²) in [6.07, 6.45) is 1.69. The van der Waals surface area contributed by atoms with Crippen LogP contribution in [0, 0.1) is 0 Å². The summed E-state index contributed by atoms with van der Waals surface area (Å²) in [7, 11) is 0. The minimum absolute atomic E-state index is 0.0810. The fourth-order valence-corrected chi connectivity index (χ4v) is 1.67. The second kappa shape index (κ2) is 8.35. The molecule has 0 spiro atoms. The van der Waals surface area contributed by atoms with Crippen LogP contribution in [0.1, 0.15) is 50.4 Å². The fraction of sp³-hybridized carbons (Fsp3) is 0.500. The van der Waals surface area contributed by atoms with Crippen molar-refractivity contribution in [2.45, 2.75) is 40.0 Å². The molecule has 0 unspecified atom stereocenters. The average molecular weight is 278 g/mol. The number of carbonyl (C=O) groups excluding carboxylic acids is 2. The molecule has 0 heterocycles. The lowest BCUT2D eigenvalue weighted by Gasteiger charge is -2.13. The lowest BCUT2D eigenvalue weighted by atomic mass is 10.1. The molecule has 0 N–H and O–H groups in total. The maximum absolute atomic E-state index is 11.9. The van der Waals surface area contributed by atoms with Gasteiger partial charge in [-0.2, -0.15) is 0 Å². The topological polar surface area (TPSA) is 52.6 Å². The summed E-state index contributed by atoms with van der Waals surface area (Å²) in [4.78, 5) is 22.9. The molecule has 0 radical (unpaired) electrons. The Labute approximate surface area is 120 Å². The van der Waals surface area contributed by atoms with Crippen molar-refractivity contribution in [1.29, 1.82) is 0 Å². The predicted octanol–water partition coefficient (Wildman–Crippen LogP) is 3.43. The highest BCUT2D eigenvalue weighted by atomic mass is 16.5. The van der Waals surface area contributed by atoms with Crippen LogP contribution in [-0.4, -0.2) is 24.8 Å². The Morgan fingerprint density at radius 3 is 2.15 bits per heavy atom. The highest BCUT2D eigenvalue weighted by molar-refractivity contribution is 6.07. The van der Waals surface area contributed by atoms with E-state index in [0.717, 1.165) is 12.8 Å². The van der Waals surface area contributed by atoms with Crippen molar-refractivity contribution >= 4 is 11.6 Å². The quantitative estimate of drug-likeness (QED) is 0.513. The van der Waals surface area contributed by atoms with Gasteiger partial charge in [-0.15, -0.1) is 0 Å². The smallest absolute Gasteiger partial charge is 0.170 e. The van der Waals surface area contributed by atoms with Gasteiger partial charge in [0.25, 0.3) is 0 Å². The summed E-state index contributed by atoms with van der Waals surface area (Å²) in [5.74, 6) is 0.868. The molecule has 0 aliphatic carbocycles. The van der Waals surface area contributed by atoms with E-state index in [0.29, 0.717) is 30.3 Å². The van der Waals surface area contributed by atoms with Crippen LogP contribution in [-0.2, 0) is 4.79 Å². The van der Waals surface area contributed by atoms with E-state index >= 15 is 0 Å². The van der Waals surface area contributed by atoms with Crippen LogP contribution in [0.2, 0.25) is 0 Å². The zero-order chi connectivity index (χ0) is 15.0. The standard InChI is InChI=1S/C16H22O4/c1-4-8-19-15-7-6-13(14(18)10-12(3)17)11-16(15)20-9-5-2/h6-7,11H,4-5,8-10H2,1-3H3. The number of rotatable bonds is 9. The minimum atomic E-state index is -0.194. The van der Waals surface area contributed by atoms with E-state index < -0.39 is 0 Å². The lowest BCUT2D eigenvalue weighted by Crippen LogP contribution is -2.07. The van der Waals surface area contributed by atoms with E-state index in [2.05, 4.69) is 0 Å². The van der Waals surface area contributed by atoms with E-state index in [9.17, 15) is 9.59 Å². The monoisotopic (exact) mass is 278 g/mol. The second-order valence-electron chi connectivity index (χ2n) is 4.66. The van der Waals surface area contributed by atoms with Gasteiger partial charge in [-0.05, 0) is 38.0 Å². The van der Waals surface area contributed by atoms with Crippen molar-refractivity contribution < 1.29 is 19.1 Å². The van der Waals surface area contributed by atoms with Gasteiger partial charge in [0, 0.05) is 5.56 Å². The van der Waals surface area contributed by atoms with Crippen LogP contribution >= 0.6 is 0 Å². The number of ether oxygens (including phenoxy) is 2. The summed E-state index contributed by atoms with van der Waals surface area (Å²) in [6, 6.07) is 5.06. The van der Waals surface area contributed by atoms with Crippen LogP contribution in [0.25, 0.3) is 0 Å². The van der Waals surface area contributed by atoms with Crippen LogP contribution in [0.5, 0.6) is 11.5 Å². The molecular formula is C16H22O4. The van der Waals surface area contributed by atoms with Gasteiger partial charge in [0.2, 0.25) is 0 Å². The van der Waals surface area contributed by atoms with Crippen molar-refractivity contribution in [2.75, 3.05) is 13.2 Å². The van der Waals surface area contributed by atoms with E-state index in [1.165, 1.54) is 6.92 Å². The first-order valence-electron chi connectivity index (χ1n) is 7.00. The first-order valence-corrected chi connectivity index (χ1v) is 7.00. The molecule has 0 aromatic heterocycles. The number of benzene rings is 1. The number of hydrogen-bond donors (Lipinski definition) is 0. The number of Topliss-reactive ketones (excluding diaryl/α,β-unsaturated/α-hetero) is 2. The Morgan fingerprint density at radius 2 is 1.60 bits per heavy atom. The summed E-state index contributed by atoms with van der Waals surface area (Å²) < 4.78 is 11.2. The van der Waals surface area contributed by atoms with Crippen molar-refractivity contribution in [1.82, 2.24) is 0 Å². The zero-order valence-corrected chi connectivity index (χ0v) is 12.4. The number of hydrogen-bond acceptors (Lipinski definition) is 4. The first-order chi connectivity index (χ1) is 9.58. The number of carbonyl (C=O) groups is 2. The van der Waals surface area contributed by atoms with E-state index in [4.69, 9.17) is 9.47 Å². The van der Waals surface area contributed by atoms with Gasteiger partial charge in [0.05, 0.1) is 19.6 Å². The molecule has 0 amide bonds. The summed E-state index contributed by atoms with van der Waals surface area (Å²) in [6.45, 7) is 6.61. The van der Waals surface area contributed by atoms with Crippen molar-refractivity contribution in [3.05, 3.63) is 23.8 Å². The van der Waals surface area contributed by atoms with Gasteiger partial charge >= 0.3 is 0 Å². The third kappa shape index (κ3) is 5.03. The molecule has 0 aliphatic heterocycles. The number of ketones is 2. The molecule has 4 nitrogen and oxygen atoms in total. The van der Waals surface area contributed by atoms with E-state index in [-0.39, 0.29) is 18.0 Å². The van der Waals surface area contributed by atoms with Crippen LogP contribution < -0.4 is 9.47 Å². The molecule has 0 bridgehead atoms. The minimum Gasteiger partial charge on any atom is -0.490 e. The maximum atomic E-state index is 11.9. The molecule has 1 rings (SSSR count). The van der Waals surface area contributed by atoms with Gasteiger partial charge in [-0.25, -0.2) is 0 Å². The molecule has 0 fully saturated rings. The first kappa shape index (κ1) is 16.2. The second-order valence-corrected chi connectivity index (χ2v) is 4.66. The Kier molecular flexibility index (Phi) is 6.77. The highest BCUT2D eigenvalue weighted by Crippen LogP contribution is 2.29. The SMILES string of the molecule is CCCOc1ccc(C(=O)CC(C)=O)cc1OCCC. The van der Waals surface area contributed by atoms with Crippen molar-refractivity contribution in [3.8, 4) is 11.5 Å². The maximum Gasteiger partial charge on any atom is 0.170 e. The van der Waals surface area contributed by atoms with Gasteiger partial charge in [-0.1, -0.05) is 13.8 Å². The third-order valence-corrected chi connectivity index (χ3v) is 2.60. The average Bonchev–Trinajstić information content (AvgIpc) is 2.42. The molecule has 110 valence electrons. The van der Waals surface area contributed by atoms with Gasteiger partial charge in [0.15, 0.2) is 17.3 Å². The van der Waals surface area contributed by atoms with Gasteiger partial charge in [-0.3, -0.25) is 9.59 Å². The normalized spacial score (nSPS) is 10.2. The highest BCUT2D eigenvalue weighted by Gasteiger charge is 2.13. The molecule has 1 aromatic carbocycles. The van der Waals surface area contributed by atoms with Crippen molar-refractivity contribution in [3.63, 3.8) is 0 Å². The fourth-order valence-electron chi connectivity index (χ4n) is 1.67. The van der Waals surface area contributed by atoms with Crippen LogP contribution in [0.15, 0.2) is 18.2 Å². The van der Waals surface area contributed by atoms with Crippen LogP contribution in [0.3, 0.4) is 0 Å². The summed E-state index contributed by atoms with van der Waals surface area (Å²) in [5, 5.41) is 0. The molecule has 4 heteroatoms. The van der Waals surface area contributed by atoms with Gasteiger partial charge < -0.3 is 9.47 Å². The Balaban J connectivity index is 2.93. The summed E-state index contributed by atoms with van der Waals surface area (Å²) in [5.41, 5.74) is 0.482. The summed E-state index contributed by atoms with van der Waals surface area (Å²) >= 11 is 0. The molecule has 0 saturated carbocycles. The predicted molar refractivity (Wildman–Crippen MR) is 77.6 cm³/mol. The molecular weight excluding hydrogens is 256 g/mol. The molecule has 1 aromatic rings. The third-order valence-electron chi connectivity index (χ3n) is 2.60. The van der Waals surface area contributed by atoms with E-state index in [1.807, 2.05) is 13.8 Å². The largest absolute Gasteiger partial charge is 0.490 e. The Hall–Kier alpha value is -1.84. The lowest BCUT2D eigenvalue weighted by molar-refractivity contribution is -0.116. The Morgan fingerprint density at radius 1 is 1.00 bits per heavy atom. The molecule has 20 heavy (non-hydrogen) atoms. The molecule has 0 saturated heterocycles. The Bertz CT molecular complexity index is 466. The van der Waals surface area contributed by atoms with Crippen LogP contribution in [0.4, 0.5) is 0 Å². The zero-order valence-electron chi connectivity index (χ0n) is 12.4. The van der Waals surface area contributed by atoms with E-state index in [1.54, 1.807) is 18.2 Å². The van der Waals surface area contributed by atoms with Crippen molar-refractivity contribution in [2.24, 2.45) is 0 Å².